The molecule has 1 aromatic rings. The standard InChI is InChI=1S/C15H24N4O6S.ClH/c1-10-14(12(3)25-16-10)26(23,24)19-7-5-18(6-8-19)13(20)9-17(4)11(2)15(21)22;/h11H,5-9H2,1-4H3,(H,21,22);1H. The Morgan fingerprint density at radius 1 is 1.26 bits per heavy atom. The van der Waals surface area contributed by atoms with Gasteiger partial charge in [0, 0.05) is 26.2 Å². The van der Waals surface area contributed by atoms with Crippen molar-refractivity contribution < 1.29 is 27.6 Å². The molecule has 10 nitrogen and oxygen atoms in total. The first-order valence-electron chi connectivity index (χ1n) is 8.19. The van der Waals surface area contributed by atoms with Crippen LogP contribution in [0, 0.1) is 13.8 Å². The molecule has 0 saturated carbocycles. The van der Waals surface area contributed by atoms with Crippen molar-refractivity contribution in [2.45, 2.75) is 31.7 Å². The van der Waals surface area contributed by atoms with Crippen molar-refractivity contribution in [3.8, 4) is 0 Å². The second-order valence-corrected chi connectivity index (χ2v) is 8.24. The van der Waals surface area contributed by atoms with Gasteiger partial charge in [-0.15, -0.1) is 12.4 Å². The second kappa shape index (κ2) is 9.00. The fourth-order valence-electron chi connectivity index (χ4n) is 2.79. The number of carboxylic acids is 1. The summed E-state index contributed by atoms with van der Waals surface area (Å²) in [7, 11) is -2.16. The van der Waals surface area contributed by atoms with E-state index in [2.05, 4.69) is 5.16 Å². The van der Waals surface area contributed by atoms with Crippen LogP contribution < -0.4 is 0 Å². The summed E-state index contributed by atoms with van der Waals surface area (Å²) >= 11 is 0. The number of aryl methyl sites for hydroxylation is 2. The minimum Gasteiger partial charge on any atom is -0.480 e. The molecule has 12 heteroatoms. The predicted octanol–water partition coefficient (Wildman–Crippen LogP) is -0.0490. The monoisotopic (exact) mass is 424 g/mol. The lowest BCUT2D eigenvalue weighted by Crippen LogP contribution is -2.53. The van der Waals surface area contributed by atoms with Crippen molar-refractivity contribution >= 4 is 34.3 Å². The van der Waals surface area contributed by atoms with Gasteiger partial charge < -0.3 is 14.5 Å². The van der Waals surface area contributed by atoms with E-state index in [1.54, 1.807) is 25.8 Å². The molecule has 1 atom stereocenters. The molecular formula is C15H25ClN4O6S. The topological polar surface area (TPSA) is 124 Å². The Labute approximate surface area is 164 Å². The number of carboxylic acid groups (broad SMARTS) is 1. The molecule has 0 spiro atoms. The molecule has 0 radical (unpaired) electrons. The summed E-state index contributed by atoms with van der Waals surface area (Å²) in [6, 6.07) is -0.778. The highest BCUT2D eigenvalue weighted by Gasteiger charge is 2.34. The number of nitrogens with zero attached hydrogens (tertiary/aromatic N) is 4. The molecule has 0 bridgehead atoms. The van der Waals surface area contributed by atoms with Gasteiger partial charge in [0.2, 0.25) is 15.9 Å². The highest BCUT2D eigenvalue weighted by Crippen LogP contribution is 2.24. The van der Waals surface area contributed by atoms with E-state index in [0.29, 0.717) is 5.69 Å². The first-order valence-corrected chi connectivity index (χ1v) is 9.63. The van der Waals surface area contributed by atoms with Crippen LogP contribution >= 0.6 is 12.4 Å². The number of likely N-dealkylation sites (N-methyl/N-ethyl adjacent to an activating group) is 1. The average Bonchev–Trinajstić information content (AvgIpc) is 2.93. The number of amides is 1. The zero-order valence-electron chi connectivity index (χ0n) is 15.7. The third-order valence-corrected chi connectivity index (χ3v) is 6.70. The van der Waals surface area contributed by atoms with E-state index in [4.69, 9.17) is 9.63 Å². The minimum atomic E-state index is -3.73. The first-order chi connectivity index (χ1) is 12.1. The largest absolute Gasteiger partial charge is 0.480 e. The van der Waals surface area contributed by atoms with E-state index < -0.39 is 22.0 Å². The van der Waals surface area contributed by atoms with E-state index in [1.165, 1.54) is 16.1 Å². The molecule has 1 fully saturated rings. The summed E-state index contributed by atoms with van der Waals surface area (Å²) in [4.78, 5) is 26.4. The summed E-state index contributed by atoms with van der Waals surface area (Å²) in [5.41, 5.74) is 0.310. The average molecular weight is 425 g/mol. The molecule has 1 unspecified atom stereocenters. The van der Waals surface area contributed by atoms with Crippen molar-refractivity contribution in [2.75, 3.05) is 39.8 Å². The van der Waals surface area contributed by atoms with Gasteiger partial charge in [0.25, 0.3) is 0 Å². The number of sulfonamides is 1. The highest BCUT2D eigenvalue weighted by atomic mass is 35.5. The van der Waals surface area contributed by atoms with Gasteiger partial charge in [0.15, 0.2) is 5.76 Å². The van der Waals surface area contributed by atoms with Gasteiger partial charge in [-0.1, -0.05) is 5.16 Å². The molecule has 2 rings (SSSR count). The van der Waals surface area contributed by atoms with Gasteiger partial charge >= 0.3 is 5.97 Å². The van der Waals surface area contributed by atoms with Gasteiger partial charge in [-0.05, 0) is 27.8 Å². The molecule has 1 aliphatic rings. The quantitative estimate of drug-likeness (QED) is 0.674. The Kier molecular flexibility index (Phi) is 7.78. The van der Waals surface area contributed by atoms with E-state index >= 15 is 0 Å². The third kappa shape index (κ3) is 4.98. The molecule has 0 aromatic carbocycles. The second-order valence-electron chi connectivity index (χ2n) is 6.37. The summed E-state index contributed by atoms with van der Waals surface area (Å²) in [6.07, 6.45) is 0. The Morgan fingerprint density at radius 3 is 2.26 bits per heavy atom. The number of aliphatic carboxylic acids is 1. The maximum atomic E-state index is 12.8. The third-order valence-electron chi connectivity index (χ3n) is 4.56. The van der Waals surface area contributed by atoms with Gasteiger partial charge in [-0.3, -0.25) is 14.5 Å². The number of hydrogen-bond acceptors (Lipinski definition) is 7. The van der Waals surface area contributed by atoms with Crippen LogP contribution in [0.25, 0.3) is 0 Å². The molecule has 1 N–H and O–H groups in total. The molecule has 2 heterocycles. The van der Waals surface area contributed by atoms with Crippen LogP contribution in [0.2, 0.25) is 0 Å². The van der Waals surface area contributed by atoms with Crippen LogP contribution in [-0.4, -0.2) is 90.5 Å². The molecule has 1 amide bonds. The van der Waals surface area contributed by atoms with Crippen LogP contribution in [-0.2, 0) is 19.6 Å². The normalized spacial score (nSPS) is 16.9. The van der Waals surface area contributed by atoms with Gasteiger partial charge in [-0.2, -0.15) is 4.31 Å². The predicted molar refractivity (Wildman–Crippen MR) is 98.3 cm³/mol. The number of hydrogen-bond donors (Lipinski definition) is 1. The molecule has 1 aliphatic heterocycles. The Balaban J connectivity index is 0.00000364. The number of carbonyl (C=O) groups is 2. The summed E-state index contributed by atoms with van der Waals surface area (Å²) in [5, 5.41) is 12.7. The zero-order valence-corrected chi connectivity index (χ0v) is 17.3. The number of aromatic nitrogens is 1. The minimum absolute atomic E-state index is 0. The van der Waals surface area contributed by atoms with Gasteiger partial charge in [0.05, 0.1) is 6.54 Å². The maximum Gasteiger partial charge on any atom is 0.320 e. The lowest BCUT2D eigenvalue weighted by molar-refractivity contribution is -0.143. The van der Waals surface area contributed by atoms with Gasteiger partial charge in [-0.25, -0.2) is 8.42 Å². The number of carbonyl (C=O) groups excluding carboxylic acids is 1. The Morgan fingerprint density at radius 2 is 1.81 bits per heavy atom. The maximum absolute atomic E-state index is 12.8. The van der Waals surface area contributed by atoms with Crippen LogP contribution in [0.1, 0.15) is 18.4 Å². The van der Waals surface area contributed by atoms with E-state index in [9.17, 15) is 18.0 Å². The van der Waals surface area contributed by atoms with Crippen LogP contribution in [0.3, 0.4) is 0 Å². The van der Waals surface area contributed by atoms with Crippen LogP contribution in [0.15, 0.2) is 9.42 Å². The number of rotatable bonds is 6. The Hall–Kier alpha value is -1.69. The van der Waals surface area contributed by atoms with Crippen molar-refractivity contribution in [2.24, 2.45) is 0 Å². The van der Waals surface area contributed by atoms with Gasteiger partial charge in [0.1, 0.15) is 16.6 Å². The lowest BCUT2D eigenvalue weighted by atomic mass is 10.3. The molecule has 154 valence electrons. The van der Waals surface area contributed by atoms with Crippen LogP contribution in [0.4, 0.5) is 0 Å². The fourth-order valence-corrected chi connectivity index (χ4v) is 4.50. The van der Waals surface area contributed by atoms with Crippen molar-refractivity contribution in [3.05, 3.63) is 11.5 Å². The molecular weight excluding hydrogens is 400 g/mol. The molecule has 0 aliphatic carbocycles. The fraction of sp³-hybridized carbons (Fsp3) is 0.667. The van der Waals surface area contributed by atoms with Crippen molar-refractivity contribution in [1.29, 1.82) is 0 Å². The number of piperazine rings is 1. The SMILES string of the molecule is Cc1noc(C)c1S(=O)(=O)N1CCN(C(=O)CN(C)C(C)C(=O)O)CC1.Cl. The highest BCUT2D eigenvalue weighted by molar-refractivity contribution is 7.89. The summed E-state index contributed by atoms with van der Waals surface area (Å²) in [5.74, 6) is -0.990. The zero-order chi connectivity index (χ0) is 19.6. The van der Waals surface area contributed by atoms with Crippen molar-refractivity contribution in [3.63, 3.8) is 0 Å². The molecule has 1 aromatic heterocycles. The summed E-state index contributed by atoms with van der Waals surface area (Å²) < 4.78 is 31.8. The molecule has 27 heavy (non-hydrogen) atoms. The smallest absolute Gasteiger partial charge is 0.320 e. The van der Waals surface area contributed by atoms with E-state index in [1.807, 2.05) is 0 Å². The summed E-state index contributed by atoms with van der Waals surface area (Å²) in [6.45, 7) is 5.41. The number of halogens is 1. The van der Waals surface area contributed by atoms with Crippen molar-refractivity contribution in [1.82, 2.24) is 19.3 Å². The van der Waals surface area contributed by atoms with E-state index in [0.717, 1.165) is 0 Å². The van der Waals surface area contributed by atoms with E-state index in [-0.39, 0.29) is 61.7 Å². The Bertz CT molecular complexity index is 769. The lowest BCUT2D eigenvalue weighted by Gasteiger charge is -2.35. The first kappa shape index (κ1) is 23.3. The molecule has 1 saturated heterocycles. The van der Waals surface area contributed by atoms with Crippen LogP contribution in [0.5, 0.6) is 0 Å².